The van der Waals surface area contributed by atoms with E-state index in [2.05, 4.69) is 59.6 Å². The summed E-state index contributed by atoms with van der Waals surface area (Å²) in [6.07, 6.45) is 1.79. The molecule has 0 radical (unpaired) electrons. The van der Waals surface area contributed by atoms with Crippen molar-refractivity contribution in [2.24, 2.45) is 0 Å². The van der Waals surface area contributed by atoms with Crippen LogP contribution in [0.15, 0.2) is 102 Å². The summed E-state index contributed by atoms with van der Waals surface area (Å²) in [5.41, 5.74) is 4.53. The van der Waals surface area contributed by atoms with Crippen LogP contribution < -0.4 is 0 Å². The molecule has 0 unspecified atom stereocenters. The van der Waals surface area contributed by atoms with Crippen molar-refractivity contribution in [2.75, 3.05) is 0 Å². The Morgan fingerprint density at radius 2 is 1.48 bits per heavy atom. The van der Waals surface area contributed by atoms with Crippen LogP contribution >= 0.6 is 0 Å². The number of benzene rings is 3. The van der Waals surface area contributed by atoms with Crippen molar-refractivity contribution in [1.82, 2.24) is 9.97 Å². The van der Waals surface area contributed by atoms with Crippen molar-refractivity contribution in [3.8, 4) is 22.7 Å². The van der Waals surface area contributed by atoms with Crippen molar-refractivity contribution in [1.29, 1.82) is 0 Å². The van der Waals surface area contributed by atoms with Gasteiger partial charge in [-0.05, 0) is 47.2 Å². The molecular formula is C26H16N2O. The molecule has 3 aromatic heterocycles. The van der Waals surface area contributed by atoms with Gasteiger partial charge < -0.3 is 4.42 Å². The standard InChI is InChI=1S/C26H16N2O/c1-3-9-19-17(7-1)12-13-22-26(19)20(16-23(28-22)21-10-5-6-14-27-21)25-15-18-8-2-4-11-24(18)29-25/h1-16H. The molecule has 6 rings (SSSR count). The number of hydrogen-bond acceptors (Lipinski definition) is 3. The predicted octanol–water partition coefficient (Wildman–Crippen LogP) is 6.86. The first-order valence-corrected chi connectivity index (χ1v) is 9.60. The van der Waals surface area contributed by atoms with E-state index < -0.39 is 0 Å². The van der Waals surface area contributed by atoms with E-state index in [1.165, 1.54) is 10.8 Å². The van der Waals surface area contributed by atoms with E-state index in [9.17, 15) is 0 Å². The Morgan fingerprint density at radius 3 is 2.34 bits per heavy atom. The lowest BCUT2D eigenvalue weighted by molar-refractivity contribution is 0.632. The molecule has 29 heavy (non-hydrogen) atoms. The van der Waals surface area contributed by atoms with Gasteiger partial charge in [-0.25, -0.2) is 4.98 Å². The van der Waals surface area contributed by atoms with Crippen LogP contribution in [0.3, 0.4) is 0 Å². The highest BCUT2D eigenvalue weighted by atomic mass is 16.3. The van der Waals surface area contributed by atoms with Crippen molar-refractivity contribution in [3.63, 3.8) is 0 Å². The van der Waals surface area contributed by atoms with E-state index in [1.807, 2.05) is 36.4 Å². The lowest BCUT2D eigenvalue weighted by Gasteiger charge is -2.11. The van der Waals surface area contributed by atoms with Gasteiger partial charge in [-0.1, -0.05) is 54.6 Å². The molecule has 0 N–H and O–H groups in total. The van der Waals surface area contributed by atoms with Gasteiger partial charge in [0.1, 0.15) is 11.3 Å². The van der Waals surface area contributed by atoms with E-state index in [0.29, 0.717) is 0 Å². The minimum absolute atomic E-state index is 0.837. The number of aromatic nitrogens is 2. The Hall–Kier alpha value is -3.98. The number of nitrogens with zero attached hydrogens (tertiary/aromatic N) is 2. The summed E-state index contributed by atoms with van der Waals surface area (Å²) in [6.45, 7) is 0. The quantitative estimate of drug-likeness (QED) is 0.312. The van der Waals surface area contributed by atoms with Crippen LogP contribution in [0.5, 0.6) is 0 Å². The van der Waals surface area contributed by atoms with Gasteiger partial charge >= 0.3 is 0 Å². The Kier molecular flexibility index (Phi) is 3.47. The third-order valence-electron chi connectivity index (χ3n) is 5.32. The molecule has 0 aliphatic heterocycles. The highest BCUT2D eigenvalue weighted by molar-refractivity contribution is 6.13. The van der Waals surface area contributed by atoms with Gasteiger partial charge in [0.05, 0.1) is 16.9 Å². The topological polar surface area (TPSA) is 38.9 Å². The summed E-state index contributed by atoms with van der Waals surface area (Å²) in [5.74, 6) is 0.840. The lowest BCUT2D eigenvalue weighted by atomic mass is 9.98. The molecule has 3 heterocycles. The molecule has 0 amide bonds. The molecule has 0 saturated heterocycles. The molecule has 3 aromatic carbocycles. The summed E-state index contributed by atoms with van der Waals surface area (Å²) in [5, 5.41) is 4.54. The lowest BCUT2D eigenvalue weighted by Crippen LogP contribution is -1.92. The Morgan fingerprint density at radius 1 is 0.655 bits per heavy atom. The Balaban J connectivity index is 1.74. The van der Waals surface area contributed by atoms with Crippen molar-refractivity contribution in [3.05, 3.63) is 97.2 Å². The SMILES string of the molecule is c1ccc(-c2cc(-c3cc4ccccc4o3)c3c(ccc4ccccc43)n2)nc1. The minimum Gasteiger partial charge on any atom is -0.456 e. The Labute approximate surface area is 167 Å². The summed E-state index contributed by atoms with van der Waals surface area (Å²) >= 11 is 0. The second-order valence-electron chi connectivity index (χ2n) is 7.10. The van der Waals surface area contributed by atoms with Gasteiger partial charge in [0.25, 0.3) is 0 Å². The molecule has 0 saturated carbocycles. The first-order chi connectivity index (χ1) is 14.4. The van der Waals surface area contributed by atoms with Crippen LogP contribution in [0, 0.1) is 0 Å². The van der Waals surface area contributed by atoms with E-state index in [-0.39, 0.29) is 0 Å². The van der Waals surface area contributed by atoms with Gasteiger partial charge in [-0.2, -0.15) is 0 Å². The van der Waals surface area contributed by atoms with Gasteiger partial charge in [-0.3, -0.25) is 4.98 Å². The zero-order chi connectivity index (χ0) is 19.2. The number of furan rings is 1. The van der Waals surface area contributed by atoms with E-state index in [4.69, 9.17) is 9.40 Å². The van der Waals surface area contributed by atoms with Crippen LogP contribution in [0.1, 0.15) is 0 Å². The van der Waals surface area contributed by atoms with Gasteiger partial charge in [0.15, 0.2) is 0 Å². The molecule has 3 heteroatoms. The van der Waals surface area contributed by atoms with Gasteiger partial charge in [0, 0.05) is 22.5 Å². The average Bonchev–Trinajstić information content (AvgIpc) is 3.23. The fourth-order valence-electron chi connectivity index (χ4n) is 3.96. The highest BCUT2D eigenvalue weighted by Gasteiger charge is 2.16. The molecule has 136 valence electrons. The average molecular weight is 372 g/mol. The molecule has 0 spiro atoms. The van der Waals surface area contributed by atoms with Gasteiger partial charge in [0.2, 0.25) is 0 Å². The molecule has 0 bridgehead atoms. The number of pyridine rings is 2. The van der Waals surface area contributed by atoms with E-state index in [1.54, 1.807) is 6.20 Å². The molecular weight excluding hydrogens is 356 g/mol. The zero-order valence-electron chi connectivity index (χ0n) is 15.5. The smallest absolute Gasteiger partial charge is 0.136 e. The maximum absolute atomic E-state index is 6.25. The highest BCUT2D eigenvalue weighted by Crippen LogP contribution is 2.38. The first-order valence-electron chi connectivity index (χ1n) is 9.60. The predicted molar refractivity (Wildman–Crippen MR) is 118 cm³/mol. The number of hydrogen-bond donors (Lipinski definition) is 0. The first kappa shape index (κ1) is 16.0. The second-order valence-corrected chi connectivity index (χ2v) is 7.10. The Bertz CT molecular complexity index is 1470. The molecule has 3 nitrogen and oxygen atoms in total. The zero-order valence-corrected chi connectivity index (χ0v) is 15.5. The number of para-hydroxylation sites is 1. The summed E-state index contributed by atoms with van der Waals surface area (Å²) in [4.78, 5) is 9.43. The molecule has 0 aliphatic rings. The van der Waals surface area contributed by atoms with Crippen LogP contribution in [0.25, 0.3) is 55.4 Å². The largest absolute Gasteiger partial charge is 0.456 e. The molecule has 0 fully saturated rings. The van der Waals surface area contributed by atoms with Crippen LogP contribution in [0.4, 0.5) is 0 Å². The normalized spacial score (nSPS) is 11.4. The van der Waals surface area contributed by atoms with E-state index >= 15 is 0 Å². The number of fused-ring (bicyclic) bond motifs is 4. The van der Waals surface area contributed by atoms with Crippen molar-refractivity contribution < 1.29 is 4.42 Å². The summed E-state index contributed by atoms with van der Waals surface area (Å²) in [6, 6.07) is 30.8. The van der Waals surface area contributed by atoms with Crippen molar-refractivity contribution >= 4 is 32.6 Å². The summed E-state index contributed by atoms with van der Waals surface area (Å²) in [7, 11) is 0. The van der Waals surface area contributed by atoms with Gasteiger partial charge in [-0.15, -0.1) is 0 Å². The monoisotopic (exact) mass is 372 g/mol. The third-order valence-corrected chi connectivity index (χ3v) is 5.32. The van der Waals surface area contributed by atoms with Crippen molar-refractivity contribution in [2.45, 2.75) is 0 Å². The third kappa shape index (κ3) is 2.59. The molecule has 0 atom stereocenters. The van der Waals surface area contributed by atoms with Crippen LogP contribution in [0.2, 0.25) is 0 Å². The van der Waals surface area contributed by atoms with Crippen LogP contribution in [-0.4, -0.2) is 9.97 Å². The summed E-state index contributed by atoms with van der Waals surface area (Å²) < 4.78 is 6.25. The minimum atomic E-state index is 0.837. The fourth-order valence-corrected chi connectivity index (χ4v) is 3.96. The molecule has 0 aliphatic carbocycles. The fraction of sp³-hybridized carbons (Fsp3) is 0. The maximum atomic E-state index is 6.25. The maximum Gasteiger partial charge on any atom is 0.136 e. The second kappa shape index (κ2) is 6.28. The number of rotatable bonds is 2. The van der Waals surface area contributed by atoms with Crippen LogP contribution in [-0.2, 0) is 0 Å². The van der Waals surface area contributed by atoms with E-state index in [0.717, 1.165) is 44.6 Å². The molecule has 6 aromatic rings.